The van der Waals surface area contributed by atoms with Gasteiger partial charge in [0.05, 0.1) is 38.7 Å². The van der Waals surface area contributed by atoms with Gasteiger partial charge in [0.25, 0.3) is 0 Å². The molecule has 6 heterocycles. The molecule has 3 aliphatic rings. The number of aromatic amines is 3. The number of aromatic nitrogens is 4. The quantitative estimate of drug-likeness (QED) is 0.0377. The highest BCUT2D eigenvalue weighted by Gasteiger charge is 2.44. The third kappa shape index (κ3) is 26.5. The summed E-state index contributed by atoms with van der Waals surface area (Å²) in [6, 6.07) is 4.88. The number of nitrogens with zero attached hydrogens (tertiary/aromatic N) is 6. The van der Waals surface area contributed by atoms with Gasteiger partial charge < -0.3 is 114 Å². The number of rotatable bonds is 22. The Hall–Kier alpha value is -12.5. The number of thioether (sulfide) groups is 1. The smallest absolute Gasteiger partial charge is 0.305 e. The largest absolute Gasteiger partial charge is 0.497 e. The zero-order valence-corrected chi connectivity index (χ0v) is 70.4. The van der Waals surface area contributed by atoms with Crippen LogP contribution in [0.3, 0.4) is 0 Å². The lowest BCUT2D eigenvalue weighted by Gasteiger charge is -2.32. The highest BCUT2D eigenvalue weighted by Crippen LogP contribution is 2.27. The van der Waals surface area contributed by atoms with E-state index in [-0.39, 0.29) is 121 Å². The lowest BCUT2D eigenvalue weighted by molar-refractivity contribution is -0.146. The molecule has 9 rings (SSSR count). The van der Waals surface area contributed by atoms with E-state index in [2.05, 4.69) is 67.8 Å². The van der Waals surface area contributed by atoms with Crippen LogP contribution in [-0.4, -0.2) is 301 Å². The van der Waals surface area contributed by atoms with Crippen molar-refractivity contribution in [2.24, 2.45) is 11.5 Å². The number of hydrogen-bond acceptors (Lipinski definition) is 21. The summed E-state index contributed by atoms with van der Waals surface area (Å²) in [4.78, 5) is 249. The number of ether oxygens (including phenoxy) is 1. The zero-order chi connectivity index (χ0) is 89.0. The number of aliphatic carboxylic acids is 2. The summed E-state index contributed by atoms with van der Waals surface area (Å²) in [5.74, 6) is -14.2. The van der Waals surface area contributed by atoms with Gasteiger partial charge in [-0.1, -0.05) is 68.3 Å². The molecule has 664 valence electrons. The van der Waals surface area contributed by atoms with Crippen molar-refractivity contribution >= 4 is 128 Å². The van der Waals surface area contributed by atoms with Gasteiger partial charge in [-0.2, -0.15) is 11.8 Å². The van der Waals surface area contributed by atoms with Crippen LogP contribution < -0.4 is 64.1 Å². The second kappa shape index (κ2) is 46.0. The predicted octanol–water partition coefficient (Wildman–Crippen LogP) is -1.26. The number of methoxy groups -OCH3 is 1. The number of nitrogens with two attached hydrogens (primary N) is 2. The average molecular weight is 1730 g/mol. The number of nitrogens with one attached hydrogen (secondary N) is 12. The van der Waals surface area contributed by atoms with Crippen molar-refractivity contribution < 1.29 is 91.7 Å². The highest BCUT2D eigenvalue weighted by atomic mass is 32.2. The molecule has 0 spiro atoms. The maximum absolute atomic E-state index is 15.2. The molecule has 0 aliphatic carbocycles. The second-order valence-electron chi connectivity index (χ2n) is 30.9. The molecule has 2 unspecified atom stereocenters. The van der Waals surface area contributed by atoms with Crippen molar-refractivity contribution in [3.63, 3.8) is 0 Å². The van der Waals surface area contributed by atoms with Crippen LogP contribution in [-0.2, 0) is 102 Å². The van der Waals surface area contributed by atoms with Gasteiger partial charge in [0.2, 0.25) is 82.7 Å². The van der Waals surface area contributed by atoms with E-state index in [1.54, 1.807) is 73.1 Å². The maximum Gasteiger partial charge on any atom is 0.305 e. The SMILES string of the molecule is CCCC[C@H]1C(=O)N[C@@H](CCCN)C(=O)NCCSCC(=O)N[C@@H](Cc2ccc(OC)cc2)C(=O)N(C)CC(=O)N[C@@H](CC(=O)O)C(=O)N2CCCC2C(=O)N[C@@H](Cc2cnc[nH]2)C(=O)N[C@@H](CCC(=O)O)C(=O)N2CCCC2C(=O)N[C@@H](Cc2c[nH]c3ccccc23)C(=O)N[C@@H](CCN)C(=O)N[C@@H](Cc2c[nH]c3ccccc23)C(=O)N(C)CC(=O)N1C. The summed E-state index contributed by atoms with van der Waals surface area (Å²) in [6.07, 6.45) is 4.55. The fourth-order valence-corrected chi connectivity index (χ4v) is 16.0. The Balaban J connectivity index is 1.03. The monoisotopic (exact) mass is 1720 g/mol. The molecule has 3 fully saturated rings. The Bertz CT molecular complexity index is 4730. The van der Waals surface area contributed by atoms with Crippen molar-refractivity contribution in [3.8, 4) is 5.75 Å². The first-order chi connectivity index (χ1) is 59.0. The zero-order valence-electron chi connectivity index (χ0n) is 69.6. The summed E-state index contributed by atoms with van der Waals surface area (Å²) in [5, 5.41) is 46.0. The fourth-order valence-electron chi connectivity index (χ4n) is 15.3. The average Bonchev–Trinajstić information content (AvgIpc) is 1.70. The minimum absolute atomic E-state index is 0.000503. The highest BCUT2D eigenvalue weighted by molar-refractivity contribution is 7.99. The molecular weight excluding hydrogens is 1610 g/mol. The molecule has 3 aromatic heterocycles. The Kier molecular flexibility index (Phi) is 35.3. The van der Waals surface area contributed by atoms with Gasteiger partial charge in [-0.25, -0.2) is 4.98 Å². The number of unbranched alkanes of at least 4 members (excludes halogenated alkanes) is 1. The van der Waals surface area contributed by atoms with Gasteiger partial charge >= 0.3 is 11.9 Å². The Labute approximate surface area is 714 Å². The molecule has 39 nitrogen and oxygen atoms in total. The number of benzene rings is 3. The molecule has 3 aromatic carbocycles. The van der Waals surface area contributed by atoms with Crippen LogP contribution in [0.1, 0.15) is 113 Å². The molecule has 0 radical (unpaired) electrons. The number of carbonyl (C=O) groups excluding carboxylic acids is 14. The number of imidazole rings is 1. The molecule has 18 N–H and O–H groups in total. The number of amides is 14. The van der Waals surface area contributed by atoms with E-state index in [9.17, 15) is 63.0 Å². The molecule has 0 saturated carbocycles. The van der Waals surface area contributed by atoms with E-state index in [0.29, 0.717) is 63.5 Å². The molecule has 6 aromatic rings. The molecular formula is C83H112N20O19S. The van der Waals surface area contributed by atoms with Crippen LogP contribution in [0.5, 0.6) is 5.75 Å². The van der Waals surface area contributed by atoms with E-state index < -0.39 is 193 Å². The number of fused-ring (bicyclic) bond motifs is 4. The van der Waals surface area contributed by atoms with Crippen LogP contribution >= 0.6 is 11.8 Å². The summed E-state index contributed by atoms with van der Waals surface area (Å²) >= 11 is 1.09. The molecule has 3 aliphatic heterocycles. The Morgan fingerprint density at radius 2 is 1.05 bits per heavy atom. The van der Waals surface area contributed by atoms with Gasteiger partial charge in [-0.3, -0.25) is 76.7 Å². The van der Waals surface area contributed by atoms with Crippen molar-refractivity contribution in [2.75, 3.05) is 85.6 Å². The lowest BCUT2D eigenvalue weighted by Crippen LogP contribution is -2.61. The number of hydrogen-bond donors (Lipinski definition) is 16. The minimum atomic E-state index is -1.83. The van der Waals surface area contributed by atoms with E-state index in [1.165, 1.54) is 45.7 Å². The first-order valence-electron chi connectivity index (χ1n) is 41.2. The standard InChI is InChI=1S/C83H112N20O19S/c1-6-7-20-65-77(115)94-57(19-12-30-84)73(111)87-32-35-123-46-69(105)92-62(36-48-23-25-52(122-5)26-24-48)80(118)99(2)44-68(104)91-64(40-72(109)110)83(121)103-34-14-22-67(103)79(117)97-61(39-51-43-86-47-90-51)76(114)95-59(27-28-71(107)108)82(120)102-33-13-21-66(102)78(116)96-60(37-49-41-88-55-17-10-8-15-53(49)55)75(113)93-58(29-31-85)74(112)98-63(81(119)100(3)45-70(106)101(65)4)38-50-42-89-56-18-11-9-16-54(50)56/h8-11,15-18,23-26,41-43,47,57-67,88-89H,6-7,12-14,19-22,27-40,44-46,84-85H2,1-5H3,(H,86,90)(H,87,111)(H,91,104)(H,92,105)(H,93,113)(H,94,115)(H,95,114)(H,96,116)(H,97,117)(H,98,112)(H,107,108)(H,109,110)/t57-,58-,59-,60-,61-,62-,63-,64-,65-,66?,67?/m0/s1. The lowest BCUT2D eigenvalue weighted by atomic mass is 10.0. The topological polar surface area (TPSA) is 560 Å². The van der Waals surface area contributed by atoms with Gasteiger partial charge in [0.15, 0.2) is 0 Å². The van der Waals surface area contributed by atoms with Gasteiger partial charge in [-0.05, 0) is 112 Å². The van der Waals surface area contributed by atoms with Crippen LogP contribution in [0.2, 0.25) is 0 Å². The summed E-state index contributed by atoms with van der Waals surface area (Å²) in [7, 11) is 5.45. The Morgan fingerprint density at radius 1 is 0.520 bits per heavy atom. The van der Waals surface area contributed by atoms with E-state index >= 15 is 24.0 Å². The van der Waals surface area contributed by atoms with E-state index in [1.807, 2.05) is 19.1 Å². The second-order valence-corrected chi connectivity index (χ2v) is 32.0. The van der Waals surface area contributed by atoms with E-state index in [4.69, 9.17) is 16.2 Å². The molecule has 3 saturated heterocycles. The first-order valence-corrected chi connectivity index (χ1v) is 42.3. The fraction of sp³-hybridized carbons (Fsp3) is 0.506. The molecule has 14 amide bonds. The minimum Gasteiger partial charge on any atom is -0.497 e. The van der Waals surface area contributed by atoms with Crippen molar-refractivity contribution in [1.82, 2.24) is 92.3 Å². The maximum atomic E-state index is 15.2. The third-order valence-corrected chi connectivity index (χ3v) is 22.9. The van der Waals surface area contributed by atoms with Gasteiger partial charge in [-0.15, -0.1) is 0 Å². The van der Waals surface area contributed by atoms with Crippen molar-refractivity contribution in [3.05, 3.63) is 120 Å². The Morgan fingerprint density at radius 3 is 1.62 bits per heavy atom. The number of H-pyrrole nitrogens is 3. The van der Waals surface area contributed by atoms with E-state index in [0.717, 1.165) is 31.4 Å². The van der Waals surface area contributed by atoms with Crippen LogP contribution in [0.15, 0.2) is 97.7 Å². The summed E-state index contributed by atoms with van der Waals surface area (Å²) in [5.41, 5.74) is 15.4. The molecule has 123 heavy (non-hydrogen) atoms. The van der Waals surface area contributed by atoms with Crippen LogP contribution in [0, 0.1) is 0 Å². The predicted molar refractivity (Wildman–Crippen MR) is 451 cm³/mol. The summed E-state index contributed by atoms with van der Waals surface area (Å²) in [6.45, 7) is 0.173. The van der Waals surface area contributed by atoms with Crippen LogP contribution in [0.4, 0.5) is 0 Å². The molecule has 0 bridgehead atoms. The third-order valence-electron chi connectivity index (χ3n) is 21.9. The van der Waals surface area contributed by atoms with Gasteiger partial charge in [0.1, 0.15) is 72.2 Å². The van der Waals surface area contributed by atoms with Crippen molar-refractivity contribution in [1.29, 1.82) is 0 Å². The van der Waals surface area contributed by atoms with Crippen molar-refractivity contribution in [2.45, 2.75) is 183 Å². The number of para-hydroxylation sites is 2. The number of carbonyl (C=O) groups is 16. The number of carboxylic acids is 2. The summed E-state index contributed by atoms with van der Waals surface area (Å²) < 4.78 is 5.31. The number of carboxylic acid groups (broad SMARTS) is 2. The molecule has 40 heteroatoms. The first kappa shape index (κ1) is 94.4. The normalized spacial score (nSPS) is 23.6. The number of likely N-dealkylation sites (N-methyl/N-ethyl adjacent to an activating group) is 3. The molecule has 11 atom stereocenters. The van der Waals surface area contributed by atoms with Gasteiger partial charge in [0, 0.05) is 125 Å². The van der Waals surface area contributed by atoms with Crippen LogP contribution in [0.25, 0.3) is 21.8 Å².